The van der Waals surface area contributed by atoms with Crippen LogP contribution in [-0.4, -0.2) is 45.4 Å². The Labute approximate surface area is 168 Å². The van der Waals surface area contributed by atoms with Crippen molar-refractivity contribution in [1.82, 2.24) is 10.6 Å². The average molecular weight is 401 g/mol. The zero-order chi connectivity index (χ0) is 19.0. The van der Waals surface area contributed by atoms with E-state index in [2.05, 4.69) is 17.6 Å². The van der Waals surface area contributed by atoms with Crippen LogP contribution in [0.5, 0.6) is 11.5 Å². The largest absolute Gasteiger partial charge is 0.493 e. The van der Waals surface area contributed by atoms with Gasteiger partial charge in [-0.2, -0.15) is 0 Å². The highest BCUT2D eigenvalue weighted by atomic mass is 35.5. The predicted molar refractivity (Wildman–Crippen MR) is 109 cm³/mol. The second-order valence-corrected chi connectivity index (χ2v) is 6.76. The summed E-state index contributed by atoms with van der Waals surface area (Å²) in [6.07, 6.45) is 3.44. The lowest BCUT2D eigenvalue weighted by molar-refractivity contribution is -0.147. The first-order valence-electron chi connectivity index (χ1n) is 9.44. The summed E-state index contributed by atoms with van der Waals surface area (Å²) in [4.78, 5) is 12.8. The van der Waals surface area contributed by atoms with E-state index in [1.807, 2.05) is 25.1 Å². The fourth-order valence-corrected chi connectivity index (χ4v) is 3.17. The van der Waals surface area contributed by atoms with Gasteiger partial charge in [-0.1, -0.05) is 19.4 Å². The van der Waals surface area contributed by atoms with Gasteiger partial charge in [-0.25, -0.2) is 0 Å². The first kappa shape index (κ1) is 23.5. The Bertz CT molecular complexity index is 591. The van der Waals surface area contributed by atoms with E-state index in [1.54, 1.807) is 14.2 Å². The second-order valence-electron chi connectivity index (χ2n) is 6.76. The molecule has 1 atom stereocenters. The van der Waals surface area contributed by atoms with Crippen molar-refractivity contribution in [2.45, 2.75) is 51.2 Å². The fourth-order valence-electron chi connectivity index (χ4n) is 3.17. The number of carbonyl (C=O) groups is 1. The minimum absolute atomic E-state index is 0. The number of ether oxygens (including phenoxy) is 3. The third-order valence-electron chi connectivity index (χ3n) is 5.01. The number of nitrogens with one attached hydrogen (secondary N) is 2. The zero-order valence-electron chi connectivity index (χ0n) is 16.8. The topological polar surface area (TPSA) is 68.8 Å². The van der Waals surface area contributed by atoms with Crippen LogP contribution in [0.1, 0.15) is 51.1 Å². The molecule has 2 N–H and O–H groups in total. The standard InChI is InChI=1S/C20H32N2O4.ClH/c1-5-6-13-26-17-8-7-16(14-18(17)24-3)15(2)22-19(23)20(25-4)9-11-21-12-10-20;/h7-8,14-15,21H,5-6,9-13H2,1-4H3,(H,22,23);1H. The molecule has 1 aromatic carbocycles. The molecule has 2 rings (SSSR count). The third kappa shape index (κ3) is 5.99. The summed E-state index contributed by atoms with van der Waals surface area (Å²) >= 11 is 0. The van der Waals surface area contributed by atoms with E-state index in [4.69, 9.17) is 14.2 Å². The SMILES string of the molecule is CCCCOc1ccc(C(C)NC(=O)C2(OC)CCNCC2)cc1OC.Cl. The van der Waals surface area contributed by atoms with Crippen molar-refractivity contribution in [3.8, 4) is 11.5 Å². The molecule has 1 saturated heterocycles. The maximum Gasteiger partial charge on any atom is 0.252 e. The van der Waals surface area contributed by atoms with Gasteiger partial charge in [0.2, 0.25) is 0 Å². The van der Waals surface area contributed by atoms with Gasteiger partial charge in [0.1, 0.15) is 5.60 Å². The van der Waals surface area contributed by atoms with Crippen molar-refractivity contribution in [1.29, 1.82) is 0 Å². The van der Waals surface area contributed by atoms with Crippen LogP contribution in [0.2, 0.25) is 0 Å². The van der Waals surface area contributed by atoms with Crippen molar-refractivity contribution in [3.63, 3.8) is 0 Å². The van der Waals surface area contributed by atoms with Crippen LogP contribution in [0.3, 0.4) is 0 Å². The first-order valence-corrected chi connectivity index (χ1v) is 9.44. The summed E-state index contributed by atoms with van der Waals surface area (Å²) in [5.41, 5.74) is 0.227. The highest BCUT2D eigenvalue weighted by Gasteiger charge is 2.40. The maximum atomic E-state index is 12.8. The highest BCUT2D eigenvalue weighted by molar-refractivity contribution is 5.86. The summed E-state index contributed by atoms with van der Waals surface area (Å²) in [5, 5.41) is 6.36. The molecular weight excluding hydrogens is 368 g/mol. The Hall–Kier alpha value is -1.50. The Kier molecular flexibility index (Phi) is 9.91. The summed E-state index contributed by atoms with van der Waals surface area (Å²) in [7, 11) is 3.24. The minimum atomic E-state index is -0.743. The quantitative estimate of drug-likeness (QED) is 0.623. The molecule has 0 spiro atoms. The van der Waals surface area contributed by atoms with Crippen LogP contribution < -0.4 is 20.1 Å². The lowest BCUT2D eigenvalue weighted by Crippen LogP contribution is -2.54. The van der Waals surface area contributed by atoms with Crippen LogP contribution in [-0.2, 0) is 9.53 Å². The summed E-state index contributed by atoms with van der Waals surface area (Å²) in [5.74, 6) is 1.36. The number of piperidine rings is 1. The van der Waals surface area contributed by atoms with Crippen LogP contribution in [0, 0.1) is 0 Å². The summed E-state index contributed by atoms with van der Waals surface area (Å²) in [6, 6.07) is 5.65. The molecule has 1 unspecified atom stereocenters. The van der Waals surface area contributed by atoms with Gasteiger partial charge in [0.15, 0.2) is 11.5 Å². The maximum absolute atomic E-state index is 12.8. The Morgan fingerprint density at radius 3 is 2.56 bits per heavy atom. The van der Waals surface area contributed by atoms with Crippen LogP contribution in [0.25, 0.3) is 0 Å². The smallest absolute Gasteiger partial charge is 0.252 e. The van der Waals surface area contributed by atoms with Crippen molar-refractivity contribution >= 4 is 18.3 Å². The van der Waals surface area contributed by atoms with E-state index < -0.39 is 5.60 Å². The molecule has 1 fully saturated rings. The molecule has 1 aromatic rings. The first-order chi connectivity index (χ1) is 12.6. The number of unbranched alkanes of at least 4 members (excludes halogenated alkanes) is 1. The van der Waals surface area contributed by atoms with Crippen LogP contribution in [0.4, 0.5) is 0 Å². The third-order valence-corrected chi connectivity index (χ3v) is 5.01. The van der Waals surface area contributed by atoms with Gasteiger partial charge in [-0.15, -0.1) is 12.4 Å². The van der Waals surface area contributed by atoms with Crippen molar-refractivity contribution in [2.75, 3.05) is 33.9 Å². The lowest BCUT2D eigenvalue weighted by atomic mass is 9.90. The molecule has 1 aliphatic rings. The minimum Gasteiger partial charge on any atom is -0.493 e. The van der Waals surface area contributed by atoms with Gasteiger partial charge in [0, 0.05) is 7.11 Å². The molecule has 0 aromatic heterocycles. The van der Waals surface area contributed by atoms with Gasteiger partial charge < -0.3 is 24.8 Å². The van der Waals surface area contributed by atoms with Crippen LogP contribution in [0.15, 0.2) is 18.2 Å². The highest BCUT2D eigenvalue weighted by Crippen LogP contribution is 2.31. The van der Waals surface area contributed by atoms with Crippen LogP contribution >= 0.6 is 12.4 Å². The van der Waals surface area contributed by atoms with Gasteiger partial charge >= 0.3 is 0 Å². The predicted octanol–water partition coefficient (Wildman–Crippen LogP) is 3.24. The summed E-state index contributed by atoms with van der Waals surface area (Å²) < 4.78 is 16.8. The number of carbonyl (C=O) groups excluding carboxylic acids is 1. The van der Waals surface area contributed by atoms with E-state index in [9.17, 15) is 4.79 Å². The molecule has 0 saturated carbocycles. The Balaban J connectivity index is 0.00000364. The number of methoxy groups -OCH3 is 2. The molecular formula is C20H33ClN2O4. The van der Waals surface area contributed by atoms with Gasteiger partial charge in [0.25, 0.3) is 5.91 Å². The second kappa shape index (κ2) is 11.4. The fraction of sp³-hybridized carbons (Fsp3) is 0.650. The average Bonchev–Trinajstić information content (AvgIpc) is 2.68. The molecule has 6 nitrogen and oxygen atoms in total. The molecule has 1 aliphatic heterocycles. The molecule has 7 heteroatoms. The van der Waals surface area contributed by atoms with E-state index in [0.29, 0.717) is 25.2 Å². The molecule has 0 bridgehead atoms. The molecule has 1 heterocycles. The number of amides is 1. The van der Waals surface area contributed by atoms with Gasteiger partial charge in [-0.3, -0.25) is 4.79 Å². The Morgan fingerprint density at radius 2 is 1.96 bits per heavy atom. The van der Waals surface area contributed by atoms with E-state index in [-0.39, 0.29) is 24.4 Å². The van der Waals surface area contributed by atoms with E-state index in [1.165, 1.54) is 0 Å². The molecule has 154 valence electrons. The van der Waals surface area contributed by atoms with Gasteiger partial charge in [-0.05, 0) is 57.0 Å². The van der Waals surface area contributed by atoms with E-state index >= 15 is 0 Å². The van der Waals surface area contributed by atoms with Crippen molar-refractivity contribution in [3.05, 3.63) is 23.8 Å². The number of hydrogen-bond acceptors (Lipinski definition) is 5. The van der Waals surface area contributed by atoms with Gasteiger partial charge in [0.05, 0.1) is 19.8 Å². The molecule has 0 radical (unpaired) electrons. The number of benzene rings is 1. The number of rotatable bonds is 9. The monoisotopic (exact) mass is 400 g/mol. The molecule has 1 amide bonds. The van der Waals surface area contributed by atoms with Crippen molar-refractivity contribution < 1.29 is 19.0 Å². The number of halogens is 1. The summed E-state index contributed by atoms with van der Waals surface area (Å²) in [6.45, 7) is 6.33. The van der Waals surface area contributed by atoms with Crippen molar-refractivity contribution in [2.24, 2.45) is 0 Å². The Morgan fingerprint density at radius 1 is 1.26 bits per heavy atom. The molecule has 0 aliphatic carbocycles. The number of hydrogen-bond donors (Lipinski definition) is 2. The normalized spacial score (nSPS) is 16.7. The lowest BCUT2D eigenvalue weighted by Gasteiger charge is -2.35. The zero-order valence-corrected chi connectivity index (χ0v) is 17.6. The van der Waals surface area contributed by atoms with E-state index in [0.717, 1.165) is 37.2 Å². The molecule has 27 heavy (non-hydrogen) atoms.